The zero-order chi connectivity index (χ0) is 17.9. The van der Waals surface area contributed by atoms with Crippen molar-refractivity contribution in [3.8, 4) is 5.75 Å². The number of rotatable bonds is 4. The van der Waals surface area contributed by atoms with Gasteiger partial charge in [-0.25, -0.2) is 4.79 Å². The molecular formula is C18H20ClNO4. The number of hydrogen-bond acceptors (Lipinski definition) is 4. The summed E-state index contributed by atoms with van der Waals surface area (Å²) in [6, 6.07) is 8.94. The number of nitrogens with zero attached hydrogens (tertiary/aromatic N) is 1. The number of benzene rings is 2. The van der Waals surface area contributed by atoms with Crippen LogP contribution in [-0.4, -0.2) is 18.4 Å². The van der Waals surface area contributed by atoms with Crippen LogP contribution in [0, 0.1) is 20.8 Å². The lowest BCUT2D eigenvalue weighted by atomic mass is 10.1. The Kier molecular flexibility index (Phi) is 5.70. The highest BCUT2D eigenvalue weighted by molar-refractivity contribution is 6.32. The Morgan fingerprint density at radius 3 is 2.50 bits per heavy atom. The third-order valence-electron chi connectivity index (χ3n) is 3.88. The van der Waals surface area contributed by atoms with Crippen LogP contribution in [0.5, 0.6) is 5.75 Å². The number of amides is 1. The second-order valence-electron chi connectivity index (χ2n) is 5.51. The Balaban J connectivity index is 2.30. The normalized spacial score (nSPS) is 10.4. The van der Waals surface area contributed by atoms with Crippen LogP contribution in [0.15, 0.2) is 30.3 Å². The van der Waals surface area contributed by atoms with Crippen molar-refractivity contribution in [1.82, 2.24) is 0 Å². The quantitative estimate of drug-likeness (QED) is 0.636. The molecule has 2 rings (SSSR count). The van der Waals surface area contributed by atoms with Crippen LogP contribution in [-0.2, 0) is 11.3 Å². The van der Waals surface area contributed by atoms with Crippen LogP contribution >= 0.6 is 11.6 Å². The molecule has 6 heteroatoms. The van der Waals surface area contributed by atoms with Gasteiger partial charge in [0, 0.05) is 5.56 Å². The minimum Gasteiger partial charge on any atom is -0.487 e. The molecule has 2 aromatic rings. The average Bonchev–Trinajstić information content (AvgIpc) is 2.56. The Hall–Kier alpha value is -2.24. The molecule has 0 bridgehead atoms. The van der Waals surface area contributed by atoms with E-state index in [9.17, 15) is 10.0 Å². The molecule has 1 N–H and O–H groups in total. The molecule has 0 fully saturated rings. The summed E-state index contributed by atoms with van der Waals surface area (Å²) in [6.07, 6.45) is -0.869. The van der Waals surface area contributed by atoms with Crippen molar-refractivity contribution >= 4 is 23.4 Å². The Labute approximate surface area is 146 Å². The van der Waals surface area contributed by atoms with Gasteiger partial charge in [-0.15, -0.1) is 0 Å². The number of anilines is 1. The number of hydroxylamine groups is 1. The highest BCUT2D eigenvalue weighted by Crippen LogP contribution is 2.30. The van der Waals surface area contributed by atoms with Gasteiger partial charge < -0.3 is 9.47 Å². The molecule has 0 radical (unpaired) electrons. The van der Waals surface area contributed by atoms with Gasteiger partial charge in [0.05, 0.1) is 17.8 Å². The van der Waals surface area contributed by atoms with Crippen molar-refractivity contribution in [3.05, 3.63) is 57.6 Å². The number of carbonyl (C=O) groups excluding carboxylic acids is 1. The van der Waals surface area contributed by atoms with E-state index in [4.69, 9.17) is 16.3 Å². The molecule has 0 spiro atoms. The molecule has 0 saturated heterocycles. The van der Waals surface area contributed by atoms with Crippen LogP contribution in [0.3, 0.4) is 0 Å². The number of ether oxygens (including phenoxy) is 2. The number of hydrogen-bond donors (Lipinski definition) is 1. The second kappa shape index (κ2) is 7.55. The highest BCUT2D eigenvalue weighted by Gasteiger charge is 2.19. The van der Waals surface area contributed by atoms with E-state index < -0.39 is 6.09 Å². The summed E-state index contributed by atoms with van der Waals surface area (Å²) in [5.41, 5.74) is 3.99. The smallest absolute Gasteiger partial charge is 0.438 e. The van der Waals surface area contributed by atoms with E-state index in [2.05, 4.69) is 4.74 Å². The van der Waals surface area contributed by atoms with E-state index in [1.807, 2.05) is 39.0 Å². The summed E-state index contributed by atoms with van der Waals surface area (Å²) in [6.45, 7) is 5.97. The molecule has 1 amide bonds. The number of aryl methyl sites for hydroxylation is 3. The molecule has 0 aliphatic heterocycles. The molecule has 0 aromatic heterocycles. The zero-order valence-electron chi connectivity index (χ0n) is 14.1. The highest BCUT2D eigenvalue weighted by atomic mass is 35.5. The van der Waals surface area contributed by atoms with Crippen LogP contribution in [0.2, 0.25) is 5.02 Å². The maximum absolute atomic E-state index is 11.6. The van der Waals surface area contributed by atoms with Gasteiger partial charge >= 0.3 is 6.09 Å². The van der Waals surface area contributed by atoms with E-state index in [-0.39, 0.29) is 6.61 Å². The topological polar surface area (TPSA) is 59.0 Å². The summed E-state index contributed by atoms with van der Waals surface area (Å²) in [4.78, 5) is 11.6. The van der Waals surface area contributed by atoms with Gasteiger partial charge in [-0.3, -0.25) is 5.21 Å². The maximum atomic E-state index is 11.6. The lowest BCUT2D eigenvalue weighted by molar-refractivity contribution is 0.140. The minimum absolute atomic E-state index is 0.151. The van der Waals surface area contributed by atoms with Crippen molar-refractivity contribution < 1.29 is 19.5 Å². The number of halogens is 1. The number of carbonyl (C=O) groups is 1. The summed E-state index contributed by atoms with van der Waals surface area (Å²) in [5, 5.41) is 11.0. The van der Waals surface area contributed by atoms with Gasteiger partial charge in [-0.1, -0.05) is 23.7 Å². The predicted molar refractivity (Wildman–Crippen MR) is 93.1 cm³/mol. The van der Waals surface area contributed by atoms with Crippen molar-refractivity contribution in [3.63, 3.8) is 0 Å². The van der Waals surface area contributed by atoms with Crippen molar-refractivity contribution in [1.29, 1.82) is 0 Å². The summed E-state index contributed by atoms with van der Waals surface area (Å²) in [5.74, 6) is 0.552. The third kappa shape index (κ3) is 3.80. The second-order valence-corrected chi connectivity index (χ2v) is 5.92. The molecule has 0 aliphatic carbocycles. The van der Waals surface area contributed by atoms with Gasteiger partial charge in [0.1, 0.15) is 12.4 Å². The molecule has 0 saturated carbocycles. The first-order valence-corrected chi connectivity index (χ1v) is 7.78. The van der Waals surface area contributed by atoms with E-state index in [0.717, 1.165) is 16.7 Å². The van der Waals surface area contributed by atoms with Crippen molar-refractivity contribution in [2.75, 3.05) is 12.2 Å². The van der Waals surface area contributed by atoms with Crippen molar-refractivity contribution in [2.24, 2.45) is 0 Å². The standard InChI is InChI=1S/C18H20ClNO4/c1-11-6-5-7-16(20(22)18(21)23-4)14(11)10-24-17-9-13(3)12(2)8-15(17)19/h5-9,22H,10H2,1-4H3. The van der Waals surface area contributed by atoms with E-state index in [1.165, 1.54) is 7.11 Å². The molecule has 0 heterocycles. The van der Waals surface area contributed by atoms with Crippen LogP contribution < -0.4 is 9.80 Å². The molecule has 0 unspecified atom stereocenters. The number of methoxy groups -OCH3 is 1. The fourth-order valence-corrected chi connectivity index (χ4v) is 2.55. The predicted octanol–water partition coefficient (Wildman–Crippen LogP) is 4.81. The van der Waals surface area contributed by atoms with Crippen molar-refractivity contribution in [2.45, 2.75) is 27.4 Å². The average molecular weight is 350 g/mol. The van der Waals surface area contributed by atoms with Gasteiger partial charge in [0.25, 0.3) is 0 Å². The van der Waals surface area contributed by atoms with Gasteiger partial charge in [0.15, 0.2) is 0 Å². The lowest BCUT2D eigenvalue weighted by Gasteiger charge is -2.19. The Bertz CT molecular complexity index is 761. The van der Waals surface area contributed by atoms with E-state index >= 15 is 0 Å². The first-order chi connectivity index (χ1) is 11.3. The minimum atomic E-state index is -0.869. The van der Waals surface area contributed by atoms with Crippen LogP contribution in [0.1, 0.15) is 22.3 Å². The molecule has 24 heavy (non-hydrogen) atoms. The molecule has 5 nitrogen and oxygen atoms in total. The molecule has 0 aliphatic rings. The fourth-order valence-electron chi connectivity index (χ4n) is 2.27. The van der Waals surface area contributed by atoms with Crippen LogP contribution in [0.4, 0.5) is 10.5 Å². The molecule has 2 aromatic carbocycles. The Morgan fingerprint density at radius 1 is 1.17 bits per heavy atom. The first kappa shape index (κ1) is 18.1. The van der Waals surface area contributed by atoms with E-state index in [1.54, 1.807) is 12.1 Å². The largest absolute Gasteiger partial charge is 0.487 e. The van der Waals surface area contributed by atoms with Gasteiger partial charge in [0.2, 0.25) is 0 Å². The third-order valence-corrected chi connectivity index (χ3v) is 4.18. The SMILES string of the molecule is COC(=O)N(O)c1cccc(C)c1COc1cc(C)c(C)cc1Cl. The summed E-state index contributed by atoms with van der Waals surface area (Å²) >= 11 is 6.22. The molecular weight excluding hydrogens is 330 g/mol. The summed E-state index contributed by atoms with van der Waals surface area (Å²) < 4.78 is 10.4. The van der Waals surface area contributed by atoms with Crippen LogP contribution in [0.25, 0.3) is 0 Å². The van der Waals surface area contributed by atoms with E-state index in [0.29, 0.717) is 27.1 Å². The Morgan fingerprint density at radius 2 is 1.83 bits per heavy atom. The summed E-state index contributed by atoms with van der Waals surface area (Å²) in [7, 11) is 1.20. The maximum Gasteiger partial charge on any atom is 0.438 e. The first-order valence-electron chi connectivity index (χ1n) is 7.40. The molecule has 0 atom stereocenters. The van der Waals surface area contributed by atoms with Gasteiger partial charge in [-0.05, 0) is 55.7 Å². The van der Waals surface area contributed by atoms with Gasteiger partial charge in [-0.2, -0.15) is 5.06 Å². The monoisotopic (exact) mass is 349 g/mol. The lowest BCUT2D eigenvalue weighted by Crippen LogP contribution is -2.28. The molecule has 128 valence electrons. The fraction of sp³-hybridized carbons (Fsp3) is 0.278. The zero-order valence-corrected chi connectivity index (χ0v) is 14.8.